The molecule has 6 heteroatoms. The van der Waals surface area contributed by atoms with Crippen LogP contribution in [0.2, 0.25) is 0 Å². The molecule has 1 unspecified atom stereocenters. The molecular formula is C23H33N5O. The van der Waals surface area contributed by atoms with Crippen molar-refractivity contribution in [3.8, 4) is 0 Å². The van der Waals surface area contributed by atoms with Gasteiger partial charge in [-0.25, -0.2) is 4.99 Å². The standard InChI is InChI=1S/C23H33N5O/c1-3-24-23(25-16-19-12-13-28(26-19)20-9-5-6-10-20)27-14-15-29-22(17-27)21-11-7-4-8-18(21)2/h4,7-8,11-13,20,22H,3,5-6,9-10,14-17H2,1-2H3,(H,24,25). The molecule has 2 aliphatic rings. The predicted octanol–water partition coefficient (Wildman–Crippen LogP) is 3.85. The van der Waals surface area contributed by atoms with Gasteiger partial charge in [-0.15, -0.1) is 0 Å². The Bertz CT molecular complexity index is 824. The van der Waals surface area contributed by atoms with Crippen LogP contribution in [0.4, 0.5) is 0 Å². The first kappa shape index (κ1) is 20.0. The summed E-state index contributed by atoms with van der Waals surface area (Å²) >= 11 is 0. The normalized spacial score (nSPS) is 21.0. The molecule has 0 amide bonds. The molecule has 1 atom stereocenters. The molecule has 1 aromatic heterocycles. The Morgan fingerprint density at radius 2 is 2.07 bits per heavy atom. The van der Waals surface area contributed by atoms with Gasteiger partial charge in [-0.1, -0.05) is 37.1 Å². The maximum atomic E-state index is 6.09. The second-order valence-electron chi connectivity index (χ2n) is 8.06. The summed E-state index contributed by atoms with van der Waals surface area (Å²) in [6.45, 7) is 8.09. The van der Waals surface area contributed by atoms with Crippen LogP contribution in [0, 0.1) is 6.92 Å². The van der Waals surface area contributed by atoms with Crippen LogP contribution in [-0.4, -0.2) is 46.9 Å². The molecule has 29 heavy (non-hydrogen) atoms. The first-order valence-corrected chi connectivity index (χ1v) is 11.0. The predicted molar refractivity (Wildman–Crippen MR) is 116 cm³/mol. The van der Waals surface area contributed by atoms with Crippen LogP contribution in [-0.2, 0) is 11.3 Å². The Kier molecular flexibility index (Phi) is 6.49. The summed E-state index contributed by atoms with van der Waals surface area (Å²) < 4.78 is 8.23. The number of nitrogens with one attached hydrogen (secondary N) is 1. The first-order chi connectivity index (χ1) is 14.2. The highest BCUT2D eigenvalue weighted by molar-refractivity contribution is 5.80. The number of morpholine rings is 1. The number of rotatable bonds is 5. The van der Waals surface area contributed by atoms with Gasteiger partial charge in [0.2, 0.25) is 0 Å². The van der Waals surface area contributed by atoms with Gasteiger partial charge in [-0.2, -0.15) is 5.10 Å². The van der Waals surface area contributed by atoms with Gasteiger partial charge >= 0.3 is 0 Å². The van der Waals surface area contributed by atoms with E-state index in [1.807, 2.05) is 0 Å². The fraction of sp³-hybridized carbons (Fsp3) is 0.565. The number of hydrogen-bond donors (Lipinski definition) is 1. The minimum absolute atomic E-state index is 0.0791. The molecule has 0 radical (unpaired) electrons. The van der Waals surface area contributed by atoms with Crippen molar-refractivity contribution >= 4 is 5.96 Å². The minimum atomic E-state index is 0.0791. The number of aliphatic imine (C=N–C) groups is 1. The van der Waals surface area contributed by atoms with Gasteiger partial charge in [0.1, 0.15) is 6.10 Å². The SMILES string of the molecule is CCNC(=NCc1ccn(C2CCCC2)n1)N1CCOC(c2ccccc2C)C1. The molecule has 6 nitrogen and oxygen atoms in total. The fourth-order valence-corrected chi connectivity index (χ4v) is 4.39. The molecule has 1 saturated heterocycles. The van der Waals surface area contributed by atoms with E-state index in [0.717, 1.165) is 31.3 Å². The van der Waals surface area contributed by atoms with Gasteiger partial charge in [0.25, 0.3) is 0 Å². The highest BCUT2D eigenvalue weighted by Crippen LogP contribution is 2.29. The van der Waals surface area contributed by atoms with Crippen molar-refractivity contribution in [1.82, 2.24) is 20.0 Å². The minimum Gasteiger partial charge on any atom is -0.370 e. The molecule has 1 N–H and O–H groups in total. The van der Waals surface area contributed by atoms with Crippen LogP contribution in [0.15, 0.2) is 41.5 Å². The lowest BCUT2D eigenvalue weighted by molar-refractivity contribution is -0.00834. The number of hydrogen-bond acceptors (Lipinski definition) is 3. The van der Waals surface area contributed by atoms with Crippen LogP contribution in [0.5, 0.6) is 0 Å². The van der Waals surface area contributed by atoms with E-state index in [9.17, 15) is 0 Å². The molecule has 1 aliphatic carbocycles. The van der Waals surface area contributed by atoms with E-state index < -0.39 is 0 Å². The number of aromatic nitrogens is 2. The molecule has 4 rings (SSSR count). The number of nitrogens with zero attached hydrogens (tertiary/aromatic N) is 4. The van der Waals surface area contributed by atoms with Crippen molar-refractivity contribution in [3.05, 3.63) is 53.3 Å². The van der Waals surface area contributed by atoms with Gasteiger partial charge < -0.3 is 15.0 Å². The van der Waals surface area contributed by atoms with Crippen molar-refractivity contribution in [2.75, 3.05) is 26.2 Å². The average Bonchev–Trinajstić information content (AvgIpc) is 3.43. The summed E-state index contributed by atoms with van der Waals surface area (Å²) in [4.78, 5) is 7.22. The Morgan fingerprint density at radius 3 is 2.86 bits per heavy atom. The summed E-state index contributed by atoms with van der Waals surface area (Å²) in [5, 5.41) is 8.24. The summed E-state index contributed by atoms with van der Waals surface area (Å²) in [5.74, 6) is 0.949. The van der Waals surface area contributed by atoms with Crippen LogP contribution in [0.1, 0.15) is 61.6 Å². The summed E-state index contributed by atoms with van der Waals surface area (Å²) in [7, 11) is 0. The molecule has 1 aromatic carbocycles. The maximum absolute atomic E-state index is 6.09. The van der Waals surface area contributed by atoms with Crippen LogP contribution in [0.25, 0.3) is 0 Å². The third-order valence-electron chi connectivity index (χ3n) is 5.99. The second kappa shape index (κ2) is 9.44. The highest BCUT2D eigenvalue weighted by Gasteiger charge is 2.25. The van der Waals surface area contributed by atoms with Crippen LogP contribution in [0.3, 0.4) is 0 Å². The lowest BCUT2D eigenvalue weighted by Gasteiger charge is -2.35. The fourth-order valence-electron chi connectivity index (χ4n) is 4.39. The Balaban J connectivity index is 1.44. The van der Waals surface area contributed by atoms with E-state index in [1.165, 1.54) is 36.8 Å². The van der Waals surface area contributed by atoms with Gasteiger partial charge in [-0.05, 0) is 43.9 Å². The number of aryl methyl sites for hydroxylation is 1. The Labute approximate surface area is 174 Å². The zero-order valence-corrected chi connectivity index (χ0v) is 17.7. The summed E-state index contributed by atoms with van der Waals surface area (Å²) in [6.07, 6.45) is 7.35. The molecule has 2 fully saturated rings. The molecule has 1 saturated carbocycles. The van der Waals surface area contributed by atoms with Crippen LogP contribution < -0.4 is 5.32 Å². The second-order valence-corrected chi connectivity index (χ2v) is 8.06. The van der Waals surface area contributed by atoms with E-state index >= 15 is 0 Å². The largest absolute Gasteiger partial charge is 0.370 e. The van der Waals surface area contributed by atoms with Crippen molar-refractivity contribution in [2.45, 2.75) is 58.2 Å². The topological polar surface area (TPSA) is 54.7 Å². The summed E-state index contributed by atoms with van der Waals surface area (Å²) in [6, 6.07) is 11.2. The Hall–Kier alpha value is -2.34. The van der Waals surface area contributed by atoms with Crippen molar-refractivity contribution < 1.29 is 4.74 Å². The first-order valence-electron chi connectivity index (χ1n) is 11.0. The van der Waals surface area contributed by atoms with E-state index in [2.05, 4.69) is 65.3 Å². The third kappa shape index (κ3) is 4.81. The van der Waals surface area contributed by atoms with Gasteiger partial charge in [0.15, 0.2) is 5.96 Å². The van der Waals surface area contributed by atoms with E-state index in [-0.39, 0.29) is 6.10 Å². The molecule has 2 aromatic rings. The molecule has 156 valence electrons. The lowest BCUT2D eigenvalue weighted by Crippen LogP contribution is -2.48. The van der Waals surface area contributed by atoms with E-state index in [0.29, 0.717) is 19.2 Å². The monoisotopic (exact) mass is 395 g/mol. The maximum Gasteiger partial charge on any atom is 0.194 e. The third-order valence-corrected chi connectivity index (χ3v) is 5.99. The quantitative estimate of drug-likeness (QED) is 0.617. The molecule has 0 spiro atoms. The Morgan fingerprint density at radius 1 is 1.24 bits per heavy atom. The van der Waals surface area contributed by atoms with Crippen LogP contribution >= 0.6 is 0 Å². The zero-order valence-electron chi connectivity index (χ0n) is 17.7. The number of benzene rings is 1. The van der Waals surface area contributed by atoms with Gasteiger partial charge in [-0.3, -0.25) is 4.68 Å². The smallest absolute Gasteiger partial charge is 0.194 e. The van der Waals surface area contributed by atoms with Gasteiger partial charge in [0, 0.05) is 19.3 Å². The zero-order chi connectivity index (χ0) is 20.1. The molecule has 1 aliphatic heterocycles. The lowest BCUT2D eigenvalue weighted by atomic mass is 10.0. The summed E-state index contributed by atoms with van der Waals surface area (Å²) in [5.41, 5.74) is 3.58. The molecular weight excluding hydrogens is 362 g/mol. The van der Waals surface area contributed by atoms with Crippen molar-refractivity contribution in [2.24, 2.45) is 4.99 Å². The molecule has 0 bridgehead atoms. The number of guanidine groups is 1. The van der Waals surface area contributed by atoms with E-state index in [1.54, 1.807) is 0 Å². The number of ether oxygens (including phenoxy) is 1. The van der Waals surface area contributed by atoms with Crippen molar-refractivity contribution in [1.29, 1.82) is 0 Å². The highest BCUT2D eigenvalue weighted by atomic mass is 16.5. The molecule has 2 heterocycles. The van der Waals surface area contributed by atoms with Crippen molar-refractivity contribution in [3.63, 3.8) is 0 Å². The average molecular weight is 396 g/mol. The van der Waals surface area contributed by atoms with Gasteiger partial charge in [0.05, 0.1) is 31.4 Å². The van der Waals surface area contributed by atoms with E-state index in [4.69, 9.17) is 14.8 Å².